The summed E-state index contributed by atoms with van der Waals surface area (Å²) in [5.41, 5.74) is 0.880. The van der Waals surface area contributed by atoms with Crippen molar-refractivity contribution in [2.45, 2.75) is 33.7 Å². The van der Waals surface area contributed by atoms with Gasteiger partial charge in [0.1, 0.15) is 11.4 Å². The van der Waals surface area contributed by atoms with Gasteiger partial charge in [0.2, 0.25) is 5.91 Å². The van der Waals surface area contributed by atoms with Crippen LogP contribution in [0.5, 0.6) is 0 Å². The van der Waals surface area contributed by atoms with E-state index in [1.165, 1.54) is 4.68 Å². The highest BCUT2D eigenvalue weighted by molar-refractivity contribution is 5.85. The normalized spacial score (nSPS) is 10.0. The summed E-state index contributed by atoms with van der Waals surface area (Å²) in [6.07, 6.45) is 0.255. The van der Waals surface area contributed by atoms with Gasteiger partial charge in [0.15, 0.2) is 0 Å². The van der Waals surface area contributed by atoms with Crippen LogP contribution in [0.2, 0.25) is 0 Å². The number of nitrogens with zero attached hydrogens (tertiary/aromatic N) is 3. The van der Waals surface area contributed by atoms with E-state index in [4.69, 9.17) is 0 Å². The first-order valence-electron chi connectivity index (χ1n) is 6.63. The molecule has 120 valence electrons. The summed E-state index contributed by atoms with van der Waals surface area (Å²) >= 11 is 0. The van der Waals surface area contributed by atoms with Gasteiger partial charge in [0.25, 0.3) is 0 Å². The molecule has 0 bridgehead atoms. The van der Waals surface area contributed by atoms with E-state index in [0.717, 1.165) is 13.1 Å². The van der Waals surface area contributed by atoms with Crippen molar-refractivity contribution in [2.75, 3.05) is 19.6 Å². The first kappa shape index (κ1) is 19.3. The minimum Gasteiger partial charge on any atom is -0.355 e. The van der Waals surface area contributed by atoms with Gasteiger partial charge in [-0.2, -0.15) is 5.10 Å². The van der Waals surface area contributed by atoms with Gasteiger partial charge in [-0.05, 0) is 20.4 Å². The van der Waals surface area contributed by atoms with Crippen molar-refractivity contribution >= 4 is 24.0 Å². The van der Waals surface area contributed by atoms with Gasteiger partial charge < -0.3 is 10.6 Å². The summed E-state index contributed by atoms with van der Waals surface area (Å²) in [4.78, 5) is 22.0. The molecule has 2 N–H and O–H groups in total. The average Bonchev–Trinajstić information content (AvgIpc) is 2.67. The Morgan fingerprint density at radius 1 is 1.38 bits per heavy atom. The van der Waals surface area contributed by atoms with Crippen LogP contribution in [-0.4, -0.2) is 40.2 Å². The Labute approximate surface area is 129 Å². The molecular formula is C12H22ClN5O3. The topological polar surface area (TPSA) is 102 Å². The van der Waals surface area contributed by atoms with Gasteiger partial charge in [0.05, 0.1) is 11.5 Å². The number of aryl methyl sites for hydroxylation is 2. The molecular weight excluding hydrogens is 298 g/mol. The van der Waals surface area contributed by atoms with E-state index in [-0.39, 0.29) is 30.4 Å². The van der Waals surface area contributed by atoms with Gasteiger partial charge in [-0.1, -0.05) is 6.92 Å². The van der Waals surface area contributed by atoms with Crippen LogP contribution in [0.1, 0.15) is 24.7 Å². The van der Waals surface area contributed by atoms with Crippen molar-refractivity contribution in [1.29, 1.82) is 0 Å². The molecule has 0 unspecified atom stereocenters. The third-order valence-corrected chi connectivity index (χ3v) is 2.95. The second-order valence-corrected chi connectivity index (χ2v) is 4.45. The van der Waals surface area contributed by atoms with E-state index in [0.29, 0.717) is 24.5 Å². The molecule has 1 amide bonds. The van der Waals surface area contributed by atoms with Crippen LogP contribution in [0.15, 0.2) is 0 Å². The summed E-state index contributed by atoms with van der Waals surface area (Å²) in [5, 5.41) is 20.8. The molecule has 21 heavy (non-hydrogen) atoms. The van der Waals surface area contributed by atoms with Crippen LogP contribution in [0.3, 0.4) is 0 Å². The Morgan fingerprint density at radius 3 is 2.57 bits per heavy atom. The zero-order valence-corrected chi connectivity index (χ0v) is 13.3. The number of rotatable bonds is 8. The molecule has 1 aromatic heterocycles. The molecule has 0 aliphatic rings. The zero-order chi connectivity index (χ0) is 15.1. The maximum Gasteiger partial charge on any atom is 0.312 e. The van der Waals surface area contributed by atoms with E-state index in [1.54, 1.807) is 13.8 Å². The van der Waals surface area contributed by atoms with Crippen LogP contribution < -0.4 is 10.6 Å². The fourth-order valence-electron chi connectivity index (χ4n) is 1.93. The highest BCUT2D eigenvalue weighted by atomic mass is 35.5. The third kappa shape index (κ3) is 5.68. The predicted molar refractivity (Wildman–Crippen MR) is 81.8 cm³/mol. The quantitative estimate of drug-likeness (QED) is 0.422. The van der Waals surface area contributed by atoms with Crippen LogP contribution in [0.4, 0.5) is 5.69 Å². The Morgan fingerprint density at radius 2 is 2.05 bits per heavy atom. The number of carbonyl (C=O) groups is 1. The van der Waals surface area contributed by atoms with Crippen LogP contribution >= 0.6 is 12.4 Å². The highest BCUT2D eigenvalue weighted by Crippen LogP contribution is 2.21. The van der Waals surface area contributed by atoms with Crippen molar-refractivity contribution in [3.8, 4) is 0 Å². The number of nitrogens with one attached hydrogen (secondary N) is 2. The number of amides is 1. The fourth-order valence-corrected chi connectivity index (χ4v) is 1.93. The second kappa shape index (κ2) is 9.30. The highest BCUT2D eigenvalue weighted by Gasteiger charge is 2.21. The monoisotopic (exact) mass is 319 g/mol. The fraction of sp³-hybridized carbons (Fsp3) is 0.667. The molecule has 1 heterocycles. The van der Waals surface area contributed by atoms with E-state index in [9.17, 15) is 14.9 Å². The largest absolute Gasteiger partial charge is 0.355 e. The summed E-state index contributed by atoms with van der Waals surface area (Å²) in [5.74, 6) is -0.0851. The van der Waals surface area contributed by atoms with Crippen molar-refractivity contribution < 1.29 is 9.72 Å². The molecule has 0 spiro atoms. The predicted octanol–water partition coefficient (Wildman–Crippen LogP) is 0.946. The number of hydrogen-bond acceptors (Lipinski definition) is 5. The maximum absolute atomic E-state index is 11.6. The lowest BCUT2D eigenvalue weighted by molar-refractivity contribution is -0.386. The zero-order valence-electron chi connectivity index (χ0n) is 12.5. The van der Waals surface area contributed by atoms with Crippen molar-refractivity contribution in [3.05, 3.63) is 21.5 Å². The van der Waals surface area contributed by atoms with Gasteiger partial charge in [-0.3, -0.25) is 19.6 Å². The standard InChI is InChI=1S/C12H21N5O3.ClH/c1-4-13-6-7-14-11(18)5-8-16-10(3)12(17(19)20)9(2)15-16;/h13H,4-8H2,1-3H3,(H,14,18);1H. The Hall–Kier alpha value is -1.67. The number of halogens is 1. The summed E-state index contributed by atoms with van der Waals surface area (Å²) < 4.78 is 1.51. The Balaban J connectivity index is 0.00000400. The summed E-state index contributed by atoms with van der Waals surface area (Å²) in [6, 6.07) is 0. The van der Waals surface area contributed by atoms with Crippen LogP contribution in [0.25, 0.3) is 0 Å². The van der Waals surface area contributed by atoms with Gasteiger partial charge >= 0.3 is 5.69 Å². The van der Waals surface area contributed by atoms with Crippen LogP contribution in [0, 0.1) is 24.0 Å². The molecule has 0 atom stereocenters. The lowest BCUT2D eigenvalue weighted by Gasteiger charge is -2.06. The minimum absolute atomic E-state index is 0. The maximum atomic E-state index is 11.6. The average molecular weight is 320 g/mol. The number of hydrogen-bond donors (Lipinski definition) is 2. The van der Waals surface area contributed by atoms with Crippen molar-refractivity contribution in [2.24, 2.45) is 0 Å². The molecule has 0 aliphatic carbocycles. The van der Waals surface area contributed by atoms with E-state index in [2.05, 4.69) is 15.7 Å². The molecule has 0 saturated carbocycles. The van der Waals surface area contributed by atoms with Crippen molar-refractivity contribution in [1.82, 2.24) is 20.4 Å². The van der Waals surface area contributed by atoms with Crippen LogP contribution in [-0.2, 0) is 11.3 Å². The number of carbonyl (C=O) groups excluding carboxylic acids is 1. The molecule has 1 aromatic rings. The number of aromatic nitrogens is 2. The Bertz CT molecular complexity index is 489. The van der Waals surface area contributed by atoms with Gasteiger partial charge in [0, 0.05) is 19.5 Å². The number of nitro groups is 1. The van der Waals surface area contributed by atoms with Gasteiger partial charge in [-0.15, -0.1) is 12.4 Å². The molecule has 0 saturated heterocycles. The first-order valence-corrected chi connectivity index (χ1v) is 6.63. The summed E-state index contributed by atoms with van der Waals surface area (Å²) in [6.45, 7) is 7.74. The lowest BCUT2D eigenvalue weighted by Crippen LogP contribution is -2.32. The number of likely N-dealkylation sites (N-methyl/N-ethyl adjacent to an activating group) is 1. The van der Waals surface area contributed by atoms with Gasteiger partial charge in [-0.25, -0.2) is 0 Å². The molecule has 8 nitrogen and oxygen atoms in total. The first-order chi connectivity index (χ1) is 9.47. The van der Waals surface area contributed by atoms with Crippen molar-refractivity contribution in [3.63, 3.8) is 0 Å². The molecule has 0 radical (unpaired) electrons. The molecule has 0 aliphatic heterocycles. The molecule has 1 rings (SSSR count). The Kier molecular flexibility index (Phi) is 8.56. The van der Waals surface area contributed by atoms with E-state index >= 15 is 0 Å². The summed E-state index contributed by atoms with van der Waals surface area (Å²) in [7, 11) is 0. The molecule has 0 fully saturated rings. The van der Waals surface area contributed by atoms with E-state index in [1.807, 2.05) is 6.92 Å². The van der Waals surface area contributed by atoms with E-state index < -0.39 is 4.92 Å². The molecule has 0 aromatic carbocycles. The molecule has 9 heteroatoms. The minimum atomic E-state index is -0.440. The second-order valence-electron chi connectivity index (χ2n) is 4.45. The smallest absolute Gasteiger partial charge is 0.312 e. The third-order valence-electron chi connectivity index (χ3n) is 2.95. The SMILES string of the molecule is CCNCCNC(=O)CCn1nc(C)c([N+](=O)[O-])c1C.Cl. The lowest BCUT2D eigenvalue weighted by atomic mass is 10.3.